The molecule has 1 aromatic heterocycles. The van der Waals surface area contributed by atoms with Crippen LogP contribution in [0, 0.1) is 5.92 Å². The largest absolute Gasteiger partial charge is 0.355 e. The van der Waals surface area contributed by atoms with Gasteiger partial charge < -0.3 is 10.2 Å². The number of anilines is 1. The molecule has 1 aliphatic rings. The van der Waals surface area contributed by atoms with Crippen LogP contribution in [-0.4, -0.2) is 29.6 Å². The molecule has 0 unspecified atom stereocenters. The van der Waals surface area contributed by atoms with Gasteiger partial charge in [-0.1, -0.05) is 20.3 Å². The van der Waals surface area contributed by atoms with Crippen molar-refractivity contribution in [3.8, 4) is 0 Å². The fourth-order valence-electron chi connectivity index (χ4n) is 3.00. The van der Waals surface area contributed by atoms with Gasteiger partial charge in [-0.25, -0.2) is 4.98 Å². The topological polar surface area (TPSA) is 41.1 Å². The fraction of sp³-hybridized carbons (Fsp3) is 0.750. The van der Waals surface area contributed by atoms with E-state index in [1.54, 1.807) is 0 Å². The molecule has 4 nitrogen and oxygen atoms in total. The van der Waals surface area contributed by atoms with Gasteiger partial charge in [-0.15, -0.1) is 0 Å². The van der Waals surface area contributed by atoms with Crippen LogP contribution in [0.5, 0.6) is 0 Å². The number of aromatic nitrogens is 2. The second-order valence-electron chi connectivity index (χ2n) is 5.84. The lowest BCUT2D eigenvalue weighted by Crippen LogP contribution is -2.35. The van der Waals surface area contributed by atoms with Crippen LogP contribution in [-0.2, 0) is 6.54 Å². The minimum atomic E-state index is 0.631. The zero-order valence-corrected chi connectivity index (χ0v) is 13.1. The minimum Gasteiger partial charge on any atom is -0.355 e. The van der Waals surface area contributed by atoms with E-state index in [4.69, 9.17) is 0 Å². The molecule has 1 N–H and O–H groups in total. The van der Waals surface area contributed by atoms with Crippen molar-refractivity contribution in [1.29, 1.82) is 0 Å². The molecule has 0 amide bonds. The Bertz CT molecular complexity index is 382. The highest BCUT2D eigenvalue weighted by molar-refractivity contribution is 5.36. The van der Waals surface area contributed by atoms with Gasteiger partial charge in [0.2, 0.25) is 0 Å². The molecule has 0 spiro atoms. The molecule has 1 heterocycles. The third-order valence-electron chi connectivity index (χ3n) is 4.55. The SMILES string of the molecule is CCNCc1cnc(N(C)C2CCC(CC)CC2)cn1. The lowest BCUT2D eigenvalue weighted by molar-refractivity contribution is 0.313. The molecule has 0 radical (unpaired) electrons. The van der Waals surface area contributed by atoms with E-state index in [1.165, 1.54) is 32.1 Å². The second kappa shape index (κ2) is 7.58. The molecular formula is C16H28N4. The van der Waals surface area contributed by atoms with Crippen LogP contribution in [0.3, 0.4) is 0 Å². The van der Waals surface area contributed by atoms with Crippen molar-refractivity contribution in [3.05, 3.63) is 18.1 Å². The zero-order valence-electron chi connectivity index (χ0n) is 13.1. The van der Waals surface area contributed by atoms with Crippen LogP contribution >= 0.6 is 0 Å². The van der Waals surface area contributed by atoms with Gasteiger partial charge in [-0.05, 0) is 38.1 Å². The van der Waals surface area contributed by atoms with Crippen LogP contribution in [0.15, 0.2) is 12.4 Å². The quantitative estimate of drug-likeness (QED) is 0.867. The molecule has 1 aliphatic carbocycles. The molecule has 1 aromatic rings. The molecular weight excluding hydrogens is 248 g/mol. The van der Waals surface area contributed by atoms with E-state index in [2.05, 4.69) is 41.1 Å². The Labute approximate surface area is 123 Å². The fourth-order valence-corrected chi connectivity index (χ4v) is 3.00. The Balaban J connectivity index is 1.90. The Morgan fingerprint density at radius 3 is 2.45 bits per heavy atom. The molecule has 2 rings (SSSR count). The van der Waals surface area contributed by atoms with Gasteiger partial charge in [0.15, 0.2) is 0 Å². The van der Waals surface area contributed by atoms with Gasteiger partial charge in [0.05, 0.1) is 18.1 Å². The monoisotopic (exact) mass is 276 g/mol. The van der Waals surface area contributed by atoms with Gasteiger partial charge in [0, 0.05) is 19.6 Å². The third-order valence-corrected chi connectivity index (χ3v) is 4.55. The first-order valence-electron chi connectivity index (χ1n) is 7.99. The van der Waals surface area contributed by atoms with Crippen molar-refractivity contribution in [2.24, 2.45) is 5.92 Å². The highest BCUT2D eigenvalue weighted by Crippen LogP contribution is 2.30. The maximum Gasteiger partial charge on any atom is 0.147 e. The summed E-state index contributed by atoms with van der Waals surface area (Å²) in [6, 6.07) is 0.631. The van der Waals surface area contributed by atoms with Crippen LogP contribution in [0.2, 0.25) is 0 Å². The summed E-state index contributed by atoms with van der Waals surface area (Å²) >= 11 is 0. The van der Waals surface area contributed by atoms with Gasteiger partial charge in [0.25, 0.3) is 0 Å². The van der Waals surface area contributed by atoms with Crippen molar-refractivity contribution >= 4 is 5.82 Å². The van der Waals surface area contributed by atoms with E-state index >= 15 is 0 Å². The summed E-state index contributed by atoms with van der Waals surface area (Å²) in [6.45, 7) is 6.17. The van der Waals surface area contributed by atoms with E-state index in [1.807, 2.05) is 12.4 Å². The Hall–Kier alpha value is -1.16. The Morgan fingerprint density at radius 2 is 1.90 bits per heavy atom. The van der Waals surface area contributed by atoms with E-state index < -0.39 is 0 Å². The van der Waals surface area contributed by atoms with E-state index in [-0.39, 0.29) is 0 Å². The lowest BCUT2D eigenvalue weighted by atomic mass is 9.84. The minimum absolute atomic E-state index is 0.631. The van der Waals surface area contributed by atoms with E-state index in [0.717, 1.165) is 30.5 Å². The summed E-state index contributed by atoms with van der Waals surface area (Å²) in [6.07, 6.45) is 10.4. The summed E-state index contributed by atoms with van der Waals surface area (Å²) in [4.78, 5) is 11.4. The summed E-state index contributed by atoms with van der Waals surface area (Å²) in [5, 5.41) is 3.27. The summed E-state index contributed by atoms with van der Waals surface area (Å²) in [5.41, 5.74) is 1.01. The number of hydrogen-bond donors (Lipinski definition) is 1. The van der Waals surface area contributed by atoms with Crippen molar-refractivity contribution in [2.75, 3.05) is 18.5 Å². The predicted molar refractivity (Wildman–Crippen MR) is 83.9 cm³/mol. The van der Waals surface area contributed by atoms with Crippen LogP contribution in [0.4, 0.5) is 5.82 Å². The van der Waals surface area contributed by atoms with Gasteiger partial charge >= 0.3 is 0 Å². The normalized spacial score (nSPS) is 22.8. The van der Waals surface area contributed by atoms with Crippen LogP contribution in [0.1, 0.15) is 51.6 Å². The maximum absolute atomic E-state index is 4.57. The van der Waals surface area contributed by atoms with Crippen molar-refractivity contribution < 1.29 is 0 Å². The summed E-state index contributed by atoms with van der Waals surface area (Å²) < 4.78 is 0. The molecule has 0 aliphatic heterocycles. The first-order valence-corrected chi connectivity index (χ1v) is 7.99. The average molecular weight is 276 g/mol. The molecule has 20 heavy (non-hydrogen) atoms. The molecule has 112 valence electrons. The van der Waals surface area contributed by atoms with Gasteiger partial charge in [0.1, 0.15) is 5.82 Å². The first kappa shape index (κ1) is 15.2. The van der Waals surface area contributed by atoms with Crippen LogP contribution < -0.4 is 10.2 Å². The number of rotatable bonds is 6. The standard InChI is InChI=1S/C16H28N4/c1-4-13-6-8-15(9-7-13)20(3)16-12-18-14(11-19-16)10-17-5-2/h11-13,15,17H,4-10H2,1-3H3. The highest BCUT2D eigenvalue weighted by Gasteiger charge is 2.23. The number of nitrogens with zero attached hydrogens (tertiary/aromatic N) is 3. The summed E-state index contributed by atoms with van der Waals surface area (Å²) in [5.74, 6) is 1.94. The van der Waals surface area contributed by atoms with Gasteiger partial charge in [-0.2, -0.15) is 0 Å². The zero-order chi connectivity index (χ0) is 14.4. The number of hydrogen-bond acceptors (Lipinski definition) is 4. The third kappa shape index (κ3) is 3.92. The molecule has 0 bridgehead atoms. The Kier molecular flexibility index (Phi) is 5.77. The molecule has 1 saturated carbocycles. The molecule has 4 heteroatoms. The number of nitrogens with one attached hydrogen (secondary N) is 1. The van der Waals surface area contributed by atoms with Crippen LogP contribution in [0.25, 0.3) is 0 Å². The molecule has 0 atom stereocenters. The first-order chi connectivity index (χ1) is 9.74. The lowest BCUT2D eigenvalue weighted by Gasteiger charge is -2.35. The Morgan fingerprint density at radius 1 is 1.15 bits per heavy atom. The highest BCUT2D eigenvalue weighted by atomic mass is 15.2. The smallest absolute Gasteiger partial charge is 0.147 e. The van der Waals surface area contributed by atoms with Crippen molar-refractivity contribution in [3.63, 3.8) is 0 Å². The van der Waals surface area contributed by atoms with Crippen molar-refractivity contribution in [2.45, 2.75) is 58.5 Å². The van der Waals surface area contributed by atoms with E-state index in [9.17, 15) is 0 Å². The predicted octanol–water partition coefficient (Wildman–Crippen LogP) is 2.99. The molecule has 0 aromatic carbocycles. The molecule has 1 fully saturated rings. The maximum atomic E-state index is 4.57. The second-order valence-corrected chi connectivity index (χ2v) is 5.84. The average Bonchev–Trinajstić information content (AvgIpc) is 2.53. The molecule has 0 saturated heterocycles. The van der Waals surface area contributed by atoms with Gasteiger partial charge in [-0.3, -0.25) is 4.98 Å². The van der Waals surface area contributed by atoms with Crippen molar-refractivity contribution in [1.82, 2.24) is 15.3 Å². The summed E-state index contributed by atoms with van der Waals surface area (Å²) in [7, 11) is 2.16. The van der Waals surface area contributed by atoms with E-state index in [0.29, 0.717) is 6.04 Å².